The van der Waals surface area contributed by atoms with Gasteiger partial charge in [0.1, 0.15) is 27.9 Å². The third-order valence-electron chi connectivity index (χ3n) is 7.63. The minimum atomic E-state index is -2.09. The molecule has 3 aromatic rings. The van der Waals surface area contributed by atoms with Gasteiger partial charge >= 0.3 is 0 Å². The Morgan fingerprint density at radius 2 is 1.82 bits per heavy atom. The van der Waals surface area contributed by atoms with E-state index in [2.05, 4.69) is 15.3 Å². The number of carbonyl (C=O) groups excluding carboxylic acids is 2. The van der Waals surface area contributed by atoms with Crippen molar-refractivity contribution >= 4 is 34.9 Å². The molecule has 1 unspecified atom stereocenters. The van der Waals surface area contributed by atoms with Crippen LogP contribution in [0.25, 0.3) is 0 Å². The maximum Gasteiger partial charge on any atom is 0.258 e. The number of hydrogen-bond acceptors (Lipinski definition) is 9. The maximum atomic E-state index is 14.6. The summed E-state index contributed by atoms with van der Waals surface area (Å²) in [4.78, 5) is 48.4. The van der Waals surface area contributed by atoms with Crippen LogP contribution < -0.4 is 30.8 Å². The van der Waals surface area contributed by atoms with E-state index in [1.807, 2.05) is 0 Å². The van der Waals surface area contributed by atoms with Gasteiger partial charge in [0.2, 0.25) is 23.1 Å². The summed E-state index contributed by atoms with van der Waals surface area (Å²) in [6.07, 6.45) is 0.0892. The lowest BCUT2D eigenvalue weighted by molar-refractivity contribution is -0.130. The van der Waals surface area contributed by atoms with Gasteiger partial charge in [0.05, 0.1) is 19.8 Å². The van der Waals surface area contributed by atoms with Crippen molar-refractivity contribution in [2.24, 2.45) is 5.92 Å². The average Bonchev–Trinajstić information content (AvgIpc) is 3.23. The normalized spacial score (nSPS) is 22.9. The average molecular weight is 571 g/mol. The Morgan fingerprint density at radius 1 is 1.10 bits per heavy atom. The SMILES string of the molecule is COc1cc(OC)c2c(c1Cl)O[C@@]1(C(=O)C3=C(C[C@H]1C)Nc1nc(N)[nH]c(=O)c1C3c1ccc(F)c(F)c1)C2=O. The molecule has 1 spiro atoms. The molecule has 0 fully saturated rings. The third-order valence-corrected chi connectivity index (χ3v) is 7.99. The molecule has 4 N–H and O–H groups in total. The smallest absolute Gasteiger partial charge is 0.258 e. The number of nitrogens with zero attached hydrogens (tertiary/aromatic N) is 1. The number of aromatic amines is 1. The number of ether oxygens (including phenoxy) is 3. The zero-order chi connectivity index (χ0) is 28.7. The van der Waals surface area contributed by atoms with Crippen molar-refractivity contribution in [3.8, 4) is 17.2 Å². The van der Waals surface area contributed by atoms with E-state index in [1.54, 1.807) is 6.92 Å². The van der Waals surface area contributed by atoms with Gasteiger partial charge in [-0.3, -0.25) is 19.4 Å². The highest BCUT2D eigenvalue weighted by Crippen LogP contribution is 2.56. The molecule has 0 bridgehead atoms. The third kappa shape index (κ3) is 3.32. The van der Waals surface area contributed by atoms with Crippen LogP contribution in [-0.4, -0.2) is 41.4 Å². The van der Waals surface area contributed by atoms with E-state index in [4.69, 9.17) is 31.5 Å². The molecule has 2 aliphatic heterocycles. The van der Waals surface area contributed by atoms with Crippen molar-refractivity contribution in [2.75, 3.05) is 25.3 Å². The minimum absolute atomic E-state index is 0.0244. The molecule has 0 saturated carbocycles. The first kappa shape index (κ1) is 25.8. The number of allylic oxidation sites excluding steroid dienone is 1. The number of halogens is 3. The van der Waals surface area contributed by atoms with E-state index in [0.717, 1.165) is 12.1 Å². The van der Waals surface area contributed by atoms with Crippen LogP contribution in [0.4, 0.5) is 20.5 Å². The number of anilines is 2. The fourth-order valence-corrected chi connectivity index (χ4v) is 6.06. The maximum absolute atomic E-state index is 14.6. The molecule has 10 nitrogen and oxygen atoms in total. The van der Waals surface area contributed by atoms with Gasteiger partial charge in [0.15, 0.2) is 17.4 Å². The second kappa shape index (κ2) is 8.78. The molecule has 13 heteroatoms. The number of nitrogens with two attached hydrogens (primary N) is 1. The molecule has 206 valence electrons. The molecule has 6 rings (SSSR count). The molecule has 0 amide bonds. The number of hydrogen-bond donors (Lipinski definition) is 3. The lowest BCUT2D eigenvalue weighted by Crippen LogP contribution is -2.58. The molecule has 3 aliphatic rings. The molecule has 3 heterocycles. The van der Waals surface area contributed by atoms with E-state index in [-0.39, 0.29) is 62.7 Å². The lowest BCUT2D eigenvalue weighted by Gasteiger charge is -2.42. The van der Waals surface area contributed by atoms with Crippen molar-refractivity contribution < 1.29 is 32.6 Å². The van der Waals surface area contributed by atoms with E-state index >= 15 is 0 Å². The Balaban J connectivity index is 1.59. The number of nitrogen functional groups attached to an aromatic ring is 1. The van der Waals surface area contributed by atoms with Crippen LogP contribution in [0.5, 0.6) is 17.2 Å². The topological polar surface area (TPSA) is 146 Å². The molecule has 3 atom stereocenters. The Hall–Kier alpha value is -4.45. The number of rotatable bonds is 3. The van der Waals surface area contributed by atoms with Crippen LogP contribution in [0.1, 0.15) is 40.7 Å². The molecule has 0 saturated heterocycles. The van der Waals surface area contributed by atoms with Gasteiger partial charge in [0, 0.05) is 29.2 Å². The van der Waals surface area contributed by atoms with E-state index < -0.39 is 46.2 Å². The Morgan fingerprint density at radius 3 is 2.50 bits per heavy atom. The van der Waals surface area contributed by atoms with Crippen LogP contribution in [0, 0.1) is 17.6 Å². The van der Waals surface area contributed by atoms with Crippen LogP contribution in [0.2, 0.25) is 5.02 Å². The monoisotopic (exact) mass is 570 g/mol. The minimum Gasteiger partial charge on any atom is -0.496 e. The highest BCUT2D eigenvalue weighted by molar-refractivity contribution is 6.36. The predicted molar refractivity (Wildman–Crippen MR) is 139 cm³/mol. The van der Waals surface area contributed by atoms with Crippen LogP contribution >= 0.6 is 11.6 Å². The molecule has 0 radical (unpaired) electrons. The second-order valence-corrected chi connectivity index (χ2v) is 10.1. The lowest BCUT2D eigenvalue weighted by atomic mass is 9.66. The second-order valence-electron chi connectivity index (χ2n) is 9.74. The molecule has 2 aromatic carbocycles. The van der Waals surface area contributed by atoms with Gasteiger partial charge in [0.25, 0.3) is 5.56 Å². The standard InChI is InChI=1S/C27H21ClF2N4O6/c1-9-6-13-17(22(35)27(9)23(36)18-14(38-2)8-15(39-3)20(28)21(18)40-27)16(10-4-5-11(29)12(30)7-10)19-24(32-13)33-26(31)34-25(19)37/h4-5,7-9,16H,6H2,1-3H3,(H4,31,32,33,34,37)/t9-,16?,27+/m1/s1. The van der Waals surface area contributed by atoms with Crippen molar-refractivity contribution in [3.05, 3.63) is 79.2 Å². The molecular weight excluding hydrogens is 550 g/mol. The Bertz CT molecular complexity index is 1760. The zero-order valence-corrected chi connectivity index (χ0v) is 22.0. The van der Waals surface area contributed by atoms with Gasteiger partial charge < -0.3 is 25.3 Å². The first-order valence-corrected chi connectivity index (χ1v) is 12.5. The van der Waals surface area contributed by atoms with E-state index in [1.165, 1.54) is 26.4 Å². The summed E-state index contributed by atoms with van der Waals surface area (Å²) in [6, 6.07) is 4.46. The van der Waals surface area contributed by atoms with Gasteiger partial charge in [-0.1, -0.05) is 24.6 Å². The summed E-state index contributed by atoms with van der Waals surface area (Å²) in [5.41, 5.74) is 3.28. The summed E-state index contributed by atoms with van der Waals surface area (Å²) in [5.74, 6) is -5.68. The van der Waals surface area contributed by atoms with Gasteiger partial charge in [-0.05, 0) is 24.1 Å². The molecule has 1 aromatic heterocycles. The number of H-pyrrole nitrogens is 1. The Kier molecular flexibility index (Phi) is 5.67. The quantitative estimate of drug-likeness (QED) is 0.401. The fraction of sp³-hybridized carbons (Fsp3) is 0.259. The Labute approximate surface area is 230 Å². The number of carbonyl (C=O) groups is 2. The number of aromatic nitrogens is 2. The number of Topliss-reactive ketones (excluding diaryl/α,β-unsaturated/α-hetero) is 2. The number of methoxy groups -OCH3 is 2. The zero-order valence-electron chi connectivity index (χ0n) is 21.3. The van der Waals surface area contributed by atoms with E-state index in [0.29, 0.717) is 5.70 Å². The largest absolute Gasteiger partial charge is 0.496 e. The molecule has 40 heavy (non-hydrogen) atoms. The van der Waals surface area contributed by atoms with Crippen LogP contribution in [0.3, 0.4) is 0 Å². The number of nitrogens with one attached hydrogen (secondary N) is 2. The van der Waals surface area contributed by atoms with Gasteiger partial charge in [-0.15, -0.1) is 0 Å². The van der Waals surface area contributed by atoms with Crippen LogP contribution in [0.15, 0.2) is 40.3 Å². The highest BCUT2D eigenvalue weighted by Gasteiger charge is 2.63. The van der Waals surface area contributed by atoms with Crippen molar-refractivity contribution in [1.29, 1.82) is 0 Å². The number of fused-ring (bicyclic) bond motifs is 2. The first-order chi connectivity index (χ1) is 19.0. The first-order valence-electron chi connectivity index (χ1n) is 12.1. The van der Waals surface area contributed by atoms with Gasteiger partial charge in [-0.2, -0.15) is 4.98 Å². The number of ketones is 2. The van der Waals surface area contributed by atoms with Gasteiger partial charge in [-0.25, -0.2) is 8.78 Å². The summed E-state index contributed by atoms with van der Waals surface area (Å²) < 4.78 is 45.3. The fourth-order valence-electron chi connectivity index (χ4n) is 5.80. The molecular formula is C27H21ClF2N4O6. The van der Waals surface area contributed by atoms with E-state index in [9.17, 15) is 23.2 Å². The number of benzene rings is 2. The van der Waals surface area contributed by atoms with Crippen molar-refractivity contribution in [3.63, 3.8) is 0 Å². The summed E-state index contributed by atoms with van der Waals surface area (Å²) in [7, 11) is 2.72. The van der Waals surface area contributed by atoms with Crippen molar-refractivity contribution in [1.82, 2.24) is 9.97 Å². The summed E-state index contributed by atoms with van der Waals surface area (Å²) in [6.45, 7) is 1.66. The summed E-state index contributed by atoms with van der Waals surface area (Å²) >= 11 is 6.51. The predicted octanol–water partition coefficient (Wildman–Crippen LogP) is 3.74. The van der Waals surface area contributed by atoms with Crippen LogP contribution in [-0.2, 0) is 4.79 Å². The highest BCUT2D eigenvalue weighted by atomic mass is 35.5. The molecule has 1 aliphatic carbocycles. The van der Waals surface area contributed by atoms with Crippen molar-refractivity contribution in [2.45, 2.75) is 24.9 Å². The summed E-state index contributed by atoms with van der Waals surface area (Å²) in [5, 5.41) is 2.98.